The van der Waals surface area contributed by atoms with Gasteiger partial charge in [0.1, 0.15) is 0 Å². The number of alkyl halides is 1. The van der Waals surface area contributed by atoms with E-state index >= 15 is 0 Å². The number of rotatable bonds is 3. The summed E-state index contributed by atoms with van der Waals surface area (Å²) in [5, 5.41) is 0. The van der Waals surface area contributed by atoms with Gasteiger partial charge >= 0.3 is 0 Å². The molecule has 0 heterocycles. The number of hydroxylamine groups is 1. The molecule has 1 aliphatic rings. The summed E-state index contributed by atoms with van der Waals surface area (Å²) >= 11 is 2.53. The molecule has 1 aliphatic carbocycles. The molecule has 2 unspecified atom stereocenters. The Morgan fingerprint density at radius 1 is 1.60 bits per heavy atom. The zero-order chi connectivity index (χ0) is 7.40. The Hall–Kier alpha value is 0.650. The fourth-order valence-corrected chi connectivity index (χ4v) is 2.38. The van der Waals surface area contributed by atoms with E-state index in [9.17, 15) is 0 Å². The van der Waals surface area contributed by atoms with E-state index in [1.165, 1.54) is 19.3 Å². The summed E-state index contributed by atoms with van der Waals surface area (Å²) in [6.45, 7) is 0.879. The minimum Gasteiger partial charge on any atom is -0.302 e. The Labute approximate surface area is 75.8 Å². The third kappa shape index (κ3) is 2.36. The second-order valence-corrected chi connectivity index (χ2v) is 4.32. The average molecular weight is 255 g/mol. The van der Waals surface area contributed by atoms with Gasteiger partial charge in [0.15, 0.2) is 0 Å². The lowest BCUT2D eigenvalue weighted by atomic mass is 10.1. The first-order valence-electron chi connectivity index (χ1n) is 3.77. The average Bonchev–Trinajstić information content (AvgIpc) is 2.31. The molecule has 0 amide bonds. The fraction of sp³-hybridized carbons (Fsp3) is 1.00. The highest BCUT2D eigenvalue weighted by atomic mass is 127. The summed E-state index contributed by atoms with van der Waals surface area (Å²) in [4.78, 5) is 5.13. The molecule has 0 spiro atoms. The largest absolute Gasteiger partial charge is 0.302 e. The van der Waals surface area contributed by atoms with Crippen LogP contribution in [0.3, 0.4) is 0 Å². The predicted molar refractivity (Wildman–Crippen MR) is 50.2 cm³/mol. The molecule has 1 saturated carbocycles. The van der Waals surface area contributed by atoms with E-state index in [2.05, 4.69) is 28.1 Å². The summed E-state index contributed by atoms with van der Waals surface area (Å²) in [5.74, 6) is 0.785. The zero-order valence-corrected chi connectivity index (χ0v) is 8.43. The van der Waals surface area contributed by atoms with Crippen molar-refractivity contribution in [2.75, 3.05) is 13.7 Å². The van der Waals surface area contributed by atoms with Crippen LogP contribution in [0.15, 0.2) is 0 Å². The molecule has 0 aliphatic heterocycles. The van der Waals surface area contributed by atoms with Crippen LogP contribution in [0.5, 0.6) is 0 Å². The molecule has 0 radical (unpaired) electrons. The molecular formula is C7H14INO. The molecule has 0 bridgehead atoms. The second kappa shape index (κ2) is 4.51. The van der Waals surface area contributed by atoms with E-state index in [1.54, 1.807) is 0 Å². The number of hydrogen-bond acceptors (Lipinski definition) is 2. The van der Waals surface area contributed by atoms with Crippen molar-refractivity contribution >= 4 is 22.6 Å². The highest BCUT2D eigenvalue weighted by Gasteiger charge is 2.24. The van der Waals surface area contributed by atoms with Crippen LogP contribution in [0.1, 0.15) is 19.3 Å². The van der Waals surface area contributed by atoms with Gasteiger partial charge in [0.05, 0.1) is 6.61 Å². The third-order valence-electron chi connectivity index (χ3n) is 2.01. The van der Waals surface area contributed by atoms with Gasteiger partial charge < -0.3 is 4.84 Å². The van der Waals surface area contributed by atoms with E-state index in [1.807, 2.05) is 7.05 Å². The molecule has 60 valence electrons. The third-order valence-corrected chi connectivity index (χ3v) is 3.65. The highest BCUT2D eigenvalue weighted by molar-refractivity contribution is 14.1. The van der Waals surface area contributed by atoms with Crippen LogP contribution < -0.4 is 5.48 Å². The van der Waals surface area contributed by atoms with Crippen molar-refractivity contribution in [2.24, 2.45) is 5.92 Å². The van der Waals surface area contributed by atoms with E-state index < -0.39 is 0 Å². The smallest absolute Gasteiger partial charge is 0.0720 e. The first-order chi connectivity index (χ1) is 4.84. The van der Waals surface area contributed by atoms with Crippen molar-refractivity contribution in [1.29, 1.82) is 0 Å². The lowest BCUT2D eigenvalue weighted by Gasteiger charge is -2.12. The van der Waals surface area contributed by atoms with Gasteiger partial charge in [-0.1, -0.05) is 29.0 Å². The molecule has 0 saturated heterocycles. The predicted octanol–water partition coefficient (Wildman–Crippen LogP) is 1.74. The molecule has 0 aromatic rings. The minimum atomic E-state index is 0.785. The fourth-order valence-electron chi connectivity index (χ4n) is 1.37. The van der Waals surface area contributed by atoms with Crippen LogP contribution in [0.25, 0.3) is 0 Å². The summed E-state index contributed by atoms with van der Waals surface area (Å²) in [6, 6.07) is 0. The quantitative estimate of drug-likeness (QED) is 0.471. The molecule has 2 nitrogen and oxygen atoms in total. The highest BCUT2D eigenvalue weighted by Crippen LogP contribution is 2.31. The molecule has 0 aromatic carbocycles. The van der Waals surface area contributed by atoms with E-state index in [-0.39, 0.29) is 0 Å². The summed E-state index contributed by atoms with van der Waals surface area (Å²) < 4.78 is 0.839. The van der Waals surface area contributed by atoms with E-state index in [0.29, 0.717) is 0 Å². The number of halogens is 1. The van der Waals surface area contributed by atoms with Gasteiger partial charge in [-0.15, -0.1) is 0 Å². The van der Waals surface area contributed by atoms with Crippen molar-refractivity contribution in [3.63, 3.8) is 0 Å². The maximum atomic E-state index is 5.13. The van der Waals surface area contributed by atoms with Gasteiger partial charge in [0, 0.05) is 11.0 Å². The van der Waals surface area contributed by atoms with E-state index in [0.717, 1.165) is 16.4 Å². The van der Waals surface area contributed by atoms with Crippen molar-refractivity contribution in [2.45, 2.75) is 23.2 Å². The topological polar surface area (TPSA) is 21.3 Å². The first kappa shape index (κ1) is 8.74. The lowest BCUT2D eigenvalue weighted by Crippen LogP contribution is -2.19. The number of nitrogens with one attached hydrogen (secondary N) is 1. The van der Waals surface area contributed by atoms with E-state index in [4.69, 9.17) is 4.84 Å². The van der Waals surface area contributed by atoms with Gasteiger partial charge in [-0.2, -0.15) is 0 Å². The summed E-state index contributed by atoms with van der Waals surface area (Å²) in [6.07, 6.45) is 4.10. The molecule has 1 fully saturated rings. The second-order valence-electron chi connectivity index (χ2n) is 2.72. The number of hydrogen-bond donors (Lipinski definition) is 1. The maximum absolute atomic E-state index is 5.13. The van der Waals surface area contributed by atoms with Crippen molar-refractivity contribution in [3.8, 4) is 0 Å². The SMILES string of the molecule is CNOCC1CCCC1I. The zero-order valence-electron chi connectivity index (χ0n) is 6.27. The molecule has 1 N–H and O–H groups in total. The Bertz CT molecular complexity index is 99.6. The summed E-state index contributed by atoms with van der Waals surface area (Å²) in [5.41, 5.74) is 2.71. The van der Waals surface area contributed by atoms with Crippen molar-refractivity contribution in [3.05, 3.63) is 0 Å². The van der Waals surface area contributed by atoms with Gasteiger partial charge in [0.2, 0.25) is 0 Å². The lowest BCUT2D eigenvalue weighted by molar-refractivity contribution is 0.0349. The Morgan fingerprint density at radius 3 is 2.90 bits per heavy atom. The Morgan fingerprint density at radius 2 is 2.40 bits per heavy atom. The maximum Gasteiger partial charge on any atom is 0.0720 e. The molecular weight excluding hydrogens is 241 g/mol. The molecule has 0 aromatic heterocycles. The molecule has 10 heavy (non-hydrogen) atoms. The van der Waals surface area contributed by atoms with Gasteiger partial charge in [-0.25, -0.2) is 5.48 Å². The van der Waals surface area contributed by atoms with Crippen LogP contribution in [0, 0.1) is 5.92 Å². The summed E-state index contributed by atoms with van der Waals surface area (Å²) in [7, 11) is 1.82. The standard InChI is InChI=1S/C7H14INO/c1-9-10-5-6-3-2-4-7(6)8/h6-7,9H,2-5H2,1H3. The van der Waals surface area contributed by atoms with Crippen LogP contribution >= 0.6 is 22.6 Å². The van der Waals surface area contributed by atoms with Gasteiger partial charge in [-0.05, 0) is 18.8 Å². The molecule has 3 heteroatoms. The van der Waals surface area contributed by atoms with Crippen LogP contribution in [-0.2, 0) is 4.84 Å². The van der Waals surface area contributed by atoms with Gasteiger partial charge in [0.25, 0.3) is 0 Å². The van der Waals surface area contributed by atoms with Gasteiger partial charge in [-0.3, -0.25) is 0 Å². The normalized spacial score (nSPS) is 33.0. The Balaban J connectivity index is 2.14. The monoisotopic (exact) mass is 255 g/mol. The van der Waals surface area contributed by atoms with Crippen molar-refractivity contribution in [1.82, 2.24) is 5.48 Å². The first-order valence-corrected chi connectivity index (χ1v) is 5.01. The molecule has 1 rings (SSSR count). The van der Waals surface area contributed by atoms with Crippen LogP contribution in [0.2, 0.25) is 0 Å². The van der Waals surface area contributed by atoms with Crippen LogP contribution in [-0.4, -0.2) is 17.6 Å². The van der Waals surface area contributed by atoms with Crippen molar-refractivity contribution < 1.29 is 4.84 Å². The Kier molecular flexibility index (Phi) is 3.95. The minimum absolute atomic E-state index is 0.785. The molecule has 2 atom stereocenters. The van der Waals surface area contributed by atoms with Crippen LogP contribution in [0.4, 0.5) is 0 Å².